The van der Waals surface area contributed by atoms with Crippen LogP contribution in [0.3, 0.4) is 0 Å². The van der Waals surface area contributed by atoms with Crippen molar-refractivity contribution in [3.63, 3.8) is 0 Å². The van der Waals surface area contributed by atoms with Gasteiger partial charge in [0.15, 0.2) is 0 Å². The smallest absolute Gasteiger partial charge is 0.207 e. The maximum atomic E-state index is 12.9. The second kappa shape index (κ2) is 4.97. The molecule has 0 aromatic heterocycles. The molecule has 2 atom stereocenters. The Morgan fingerprint density at radius 3 is 2.11 bits per heavy atom. The predicted molar refractivity (Wildman–Crippen MR) is 68.2 cm³/mol. The lowest BCUT2D eigenvalue weighted by atomic mass is 10.0. The number of hydrogen-bond donors (Lipinski definition) is 0. The molecule has 5 heteroatoms. The molecule has 1 aliphatic heterocycles. The van der Waals surface area contributed by atoms with Gasteiger partial charge in [-0.25, -0.2) is 12.8 Å². The Labute approximate surface area is 108 Å². The third-order valence-corrected chi connectivity index (χ3v) is 5.64. The van der Waals surface area contributed by atoms with E-state index in [-0.39, 0.29) is 17.0 Å². The van der Waals surface area contributed by atoms with Crippen molar-refractivity contribution in [3.05, 3.63) is 30.1 Å². The molecule has 0 amide bonds. The predicted octanol–water partition coefficient (Wildman–Crippen LogP) is 2.78. The fraction of sp³-hybridized carbons (Fsp3) is 0.538. The van der Waals surface area contributed by atoms with Crippen LogP contribution in [0.25, 0.3) is 0 Å². The molecular formula is C13H18FNO2S. The van der Waals surface area contributed by atoms with Gasteiger partial charge in [0.25, 0.3) is 0 Å². The van der Waals surface area contributed by atoms with Crippen LogP contribution < -0.4 is 0 Å². The third kappa shape index (κ3) is 2.42. The van der Waals surface area contributed by atoms with Crippen LogP contribution in [0, 0.1) is 5.82 Å². The monoisotopic (exact) mass is 271 g/mol. The molecule has 0 bridgehead atoms. The fourth-order valence-corrected chi connectivity index (χ4v) is 4.48. The molecule has 0 aliphatic carbocycles. The summed E-state index contributed by atoms with van der Waals surface area (Å²) in [7, 11) is -3.51. The van der Waals surface area contributed by atoms with Crippen LogP contribution >= 0.6 is 0 Å². The van der Waals surface area contributed by atoms with Crippen LogP contribution in [-0.4, -0.2) is 24.8 Å². The number of nitrogens with zero attached hydrogens (tertiary/aromatic N) is 1. The van der Waals surface area contributed by atoms with Gasteiger partial charge in [-0.1, -0.05) is 6.42 Å². The molecule has 18 heavy (non-hydrogen) atoms. The summed E-state index contributed by atoms with van der Waals surface area (Å²) in [5.74, 6) is -0.423. The lowest BCUT2D eigenvalue weighted by Crippen LogP contribution is -2.47. The van der Waals surface area contributed by atoms with Crippen LogP contribution in [0.15, 0.2) is 29.2 Å². The number of benzene rings is 1. The number of piperidine rings is 1. The number of halogens is 1. The number of rotatable bonds is 2. The maximum absolute atomic E-state index is 12.9. The summed E-state index contributed by atoms with van der Waals surface area (Å²) in [6, 6.07) is 5.04. The highest BCUT2D eigenvalue weighted by Crippen LogP contribution is 2.29. The first-order valence-corrected chi connectivity index (χ1v) is 7.66. The maximum Gasteiger partial charge on any atom is 0.243 e. The lowest BCUT2D eigenvalue weighted by Gasteiger charge is -2.37. The third-order valence-electron chi connectivity index (χ3n) is 3.50. The summed E-state index contributed by atoms with van der Waals surface area (Å²) in [6.07, 6.45) is 2.81. The quantitative estimate of drug-likeness (QED) is 0.829. The Balaban J connectivity index is 2.38. The molecule has 1 heterocycles. The largest absolute Gasteiger partial charge is 0.243 e. The van der Waals surface area contributed by atoms with E-state index in [1.165, 1.54) is 24.3 Å². The van der Waals surface area contributed by atoms with Crippen molar-refractivity contribution in [2.75, 3.05) is 0 Å². The van der Waals surface area contributed by atoms with Gasteiger partial charge in [-0.05, 0) is 51.0 Å². The zero-order chi connectivity index (χ0) is 13.3. The van der Waals surface area contributed by atoms with Gasteiger partial charge in [0.1, 0.15) is 5.82 Å². The second-order valence-corrected chi connectivity index (χ2v) is 6.76. The minimum atomic E-state index is -3.51. The Hall–Kier alpha value is -0.940. The van der Waals surface area contributed by atoms with Crippen LogP contribution in [0.4, 0.5) is 4.39 Å². The van der Waals surface area contributed by atoms with Gasteiger partial charge in [-0.2, -0.15) is 4.31 Å². The first-order chi connectivity index (χ1) is 8.43. The van der Waals surface area contributed by atoms with E-state index in [2.05, 4.69) is 0 Å². The van der Waals surface area contributed by atoms with Crippen molar-refractivity contribution >= 4 is 10.0 Å². The topological polar surface area (TPSA) is 37.4 Å². The van der Waals surface area contributed by atoms with Crippen LogP contribution in [0.5, 0.6) is 0 Å². The lowest BCUT2D eigenvalue weighted by molar-refractivity contribution is 0.204. The first kappa shape index (κ1) is 13.5. The molecule has 0 saturated carbocycles. The highest BCUT2D eigenvalue weighted by molar-refractivity contribution is 7.89. The summed E-state index contributed by atoms with van der Waals surface area (Å²) >= 11 is 0. The van der Waals surface area contributed by atoms with Gasteiger partial charge in [0.2, 0.25) is 10.0 Å². The summed E-state index contributed by atoms with van der Waals surface area (Å²) in [5, 5.41) is 0. The van der Waals surface area contributed by atoms with Crippen molar-refractivity contribution < 1.29 is 12.8 Å². The Bertz CT molecular complexity index is 502. The molecule has 100 valence electrons. The van der Waals surface area contributed by atoms with Gasteiger partial charge in [0, 0.05) is 12.1 Å². The summed E-state index contributed by atoms with van der Waals surface area (Å²) in [4.78, 5) is 0.171. The van der Waals surface area contributed by atoms with Crippen molar-refractivity contribution in [1.82, 2.24) is 4.31 Å². The Morgan fingerprint density at radius 2 is 1.61 bits per heavy atom. The van der Waals surface area contributed by atoms with Crippen LogP contribution in [0.1, 0.15) is 33.1 Å². The van der Waals surface area contributed by atoms with Gasteiger partial charge in [-0.3, -0.25) is 0 Å². The summed E-state index contributed by atoms with van der Waals surface area (Å²) < 4.78 is 39.5. The zero-order valence-corrected chi connectivity index (χ0v) is 11.5. The van der Waals surface area contributed by atoms with Crippen LogP contribution in [-0.2, 0) is 10.0 Å². The van der Waals surface area contributed by atoms with Gasteiger partial charge in [-0.15, -0.1) is 0 Å². The number of sulfonamides is 1. The molecule has 0 unspecified atom stereocenters. The minimum absolute atomic E-state index is 0.00352. The second-order valence-electron chi connectivity index (χ2n) is 4.92. The minimum Gasteiger partial charge on any atom is -0.207 e. The molecular weight excluding hydrogens is 253 g/mol. The standard InChI is InChI=1S/C13H18FNO2S/c1-10-4-3-5-11(2)15(10)18(16,17)13-8-6-12(14)7-9-13/h6-11H,3-5H2,1-2H3/t10-,11-/m1/s1. The molecule has 1 saturated heterocycles. The highest BCUT2D eigenvalue weighted by atomic mass is 32.2. The van der Waals surface area contributed by atoms with Gasteiger partial charge >= 0.3 is 0 Å². The molecule has 1 fully saturated rings. The van der Waals surface area contributed by atoms with E-state index in [1.807, 2.05) is 13.8 Å². The van der Waals surface area contributed by atoms with E-state index in [0.29, 0.717) is 0 Å². The van der Waals surface area contributed by atoms with Crippen LogP contribution in [0.2, 0.25) is 0 Å². The first-order valence-electron chi connectivity index (χ1n) is 6.22. The molecule has 2 rings (SSSR count). The summed E-state index contributed by atoms with van der Waals surface area (Å²) in [6.45, 7) is 3.85. The SMILES string of the molecule is C[C@@H]1CCC[C@@H](C)N1S(=O)(=O)c1ccc(F)cc1. The zero-order valence-electron chi connectivity index (χ0n) is 10.6. The molecule has 0 radical (unpaired) electrons. The molecule has 1 aromatic carbocycles. The van der Waals surface area contributed by atoms with E-state index < -0.39 is 15.8 Å². The molecule has 1 aromatic rings. The van der Waals surface area contributed by atoms with Crippen molar-refractivity contribution in [1.29, 1.82) is 0 Å². The summed E-state index contributed by atoms with van der Waals surface area (Å²) in [5.41, 5.74) is 0. The van der Waals surface area contributed by atoms with E-state index in [0.717, 1.165) is 19.3 Å². The van der Waals surface area contributed by atoms with E-state index in [1.54, 1.807) is 4.31 Å². The van der Waals surface area contributed by atoms with Crippen molar-refractivity contribution in [2.24, 2.45) is 0 Å². The normalized spacial score (nSPS) is 26.2. The highest BCUT2D eigenvalue weighted by Gasteiger charge is 2.35. The van der Waals surface area contributed by atoms with E-state index in [9.17, 15) is 12.8 Å². The Kier molecular flexibility index (Phi) is 3.73. The van der Waals surface area contributed by atoms with Gasteiger partial charge < -0.3 is 0 Å². The molecule has 0 spiro atoms. The fourth-order valence-electron chi connectivity index (χ4n) is 2.60. The van der Waals surface area contributed by atoms with Crippen molar-refractivity contribution in [3.8, 4) is 0 Å². The molecule has 3 nitrogen and oxygen atoms in total. The molecule has 1 aliphatic rings. The number of hydrogen-bond acceptors (Lipinski definition) is 2. The Morgan fingerprint density at radius 1 is 1.11 bits per heavy atom. The average molecular weight is 271 g/mol. The van der Waals surface area contributed by atoms with E-state index in [4.69, 9.17) is 0 Å². The molecule has 0 N–H and O–H groups in total. The van der Waals surface area contributed by atoms with E-state index >= 15 is 0 Å². The van der Waals surface area contributed by atoms with Gasteiger partial charge in [0.05, 0.1) is 4.90 Å². The van der Waals surface area contributed by atoms with Crippen molar-refractivity contribution in [2.45, 2.75) is 50.1 Å². The average Bonchev–Trinajstić information content (AvgIpc) is 2.29.